The molecule has 0 aliphatic rings. The molecule has 0 bridgehead atoms. The van der Waals surface area contributed by atoms with Crippen molar-refractivity contribution in [1.29, 1.82) is 0 Å². The average molecular weight is 434 g/mol. The molecule has 0 spiro atoms. The first-order valence-electron chi connectivity index (χ1n) is 9.37. The van der Waals surface area contributed by atoms with Gasteiger partial charge in [0.15, 0.2) is 0 Å². The molecule has 3 aromatic rings. The quantitative estimate of drug-likeness (QED) is 0.596. The first kappa shape index (κ1) is 21.8. The maximum absolute atomic E-state index is 13.4. The van der Waals surface area contributed by atoms with Crippen LogP contribution in [0.25, 0.3) is 22.3 Å². The number of aryl methyl sites for hydroxylation is 1. The van der Waals surface area contributed by atoms with Crippen molar-refractivity contribution in [3.05, 3.63) is 53.3 Å². The van der Waals surface area contributed by atoms with Crippen molar-refractivity contribution in [3.8, 4) is 11.3 Å². The van der Waals surface area contributed by atoms with Crippen molar-refractivity contribution in [3.63, 3.8) is 0 Å². The van der Waals surface area contributed by atoms with Gasteiger partial charge in [-0.15, -0.1) is 0 Å². The molecule has 0 fully saturated rings. The van der Waals surface area contributed by atoms with E-state index in [2.05, 4.69) is 5.32 Å². The van der Waals surface area contributed by atoms with Gasteiger partial charge in [-0.1, -0.05) is 6.92 Å². The van der Waals surface area contributed by atoms with Crippen LogP contribution in [-0.2, 0) is 16.4 Å². The number of hydrogen-bond donors (Lipinski definition) is 2. The fourth-order valence-corrected chi connectivity index (χ4v) is 4.34. The zero-order chi connectivity index (χ0) is 22.1. The Kier molecular flexibility index (Phi) is 6.14. The lowest BCUT2D eigenvalue weighted by Gasteiger charge is -2.24. The van der Waals surface area contributed by atoms with Gasteiger partial charge in [0.1, 0.15) is 17.2 Å². The molecule has 0 saturated carbocycles. The van der Waals surface area contributed by atoms with Crippen molar-refractivity contribution in [2.75, 3.05) is 30.8 Å². The van der Waals surface area contributed by atoms with Crippen LogP contribution in [0.5, 0.6) is 0 Å². The Morgan fingerprint density at radius 3 is 2.43 bits per heavy atom. The minimum absolute atomic E-state index is 0.106. The molecule has 3 rings (SSSR count). The van der Waals surface area contributed by atoms with Crippen molar-refractivity contribution in [2.45, 2.75) is 13.3 Å². The van der Waals surface area contributed by atoms with E-state index in [1.807, 2.05) is 6.92 Å². The zero-order valence-corrected chi connectivity index (χ0v) is 17.7. The molecule has 7 nitrogen and oxygen atoms in total. The normalized spacial score (nSPS) is 11.6. The Morgan fingerprint density at radius 1 is 1.23 bits per heavy atom. The van der Waals surface area contributed by atoms with Gasteiger partial charge >= 0.3 is 0 Å². The van der Waals surface area contributed by atoms with Crippen LogP contribution in [0.1, 0.15) is 22.8 Å². The number of aliphatic hydroxyl groups excluding tert-OH is 1. The number of fused-ring (bicyclic) bond motifs is 1. The SMILES string of the molecule is CCc1cc2c(C(=O)NC)c(-c3ccc(F)cc3)oc2cc1N(CCO)S(C)(=O)=O. The van der Waals surface area contributed by atoms with Crippen LogP contribution in [0.15, 0.2) is 40.8 Å². The summed E-state index contributed by atoms with van der Waals surface area (Å²) in [5.74, 6) is -0.533. The van der Waals surface area contributed by atoms with E-state index in [1.165, 1.54) is 31.3 Å². The van der Waals surface area contributed by atoms with E-state index in [-0.39, 0.29) is 30.4 Å². The number of furan rings is 1. The van der Waals surface area contributed by atoms with Crippen molar-refractivity contribution >= 4 is 32.6 Å². The molecule has 30 heavy (non-hydrogen) atoms. The average Bonchev–Trinajstić information content (AvgIpc) is 3.08. The van der Waals surface area contributed by atoms with Gasteiger partial charge in [-0.3, -0.25) is 9.10 Å². The van der Waals surface area contributed by atoms with Crippen LogP contribution < -0.4 is 9.62 Å². The fourth-order valence-electron chi connectivity index (χ4n) is 3.40. The highest BCUT2D eigenvalue weighted by atomic mass is 32.2. The smallest absolute Gasteiger partial charge is 0.255 e. The van der Waals surface area contributed by atoms with Gasteiger partial charge < -0.3 is 14.8 Å². The second-order valence-electron chi connectivity index (χ2n) is 6.78. The lowest BCUT2D eigenvalue weighted by Crippen LogP contribution is -2.33. The second kappa shape index (κ2) is 8.45. The predicted octanol–water partition coefficient (Wildman–Crippen LogP) is 2.92. The topological polar surface area (TPSA) is 99.8 Å². The number of aliphatic hydroxyl groups is 1. The number of rotatable bonds is 7. The molecule has 0 unspecified atom stereocenters. The third-order valence-electron chi connectivity index (χ3n) is 4.80. The lowest BCUT2D eigenvalue weighted by molar-refractivity contribution is 0.0964. The molecule has 9 heteroatoms. The highest BCUT2D eigenvalue weighted by Crippen LogP contribution is 2.38. The molecule has 0 aliphatic heterocycles. The Labute approximate surface area is 174 Å². The molecule has 0 radical (unpaired) electrons. The van der Waals surface area contributed by atoms with Gasteiger partial charge in [-0.05, 0) is 42.3 Å². The van der Waals surface area contributed by atoms with E-state index < -0.39 is 15.8 Å². The number of nitrogens with one attached hydrogen (secondary N) is 1. The molecule has 160 valence electrons. The van der Waals surface area contributed by atoms with Crippen molar-refractivity contribution < 1.29 is 27.1 Å². The molecule has 1 heterocycles. The van der Waals surface area contributed by atoms with E-state index in [0.29, 0.717) is 34.2 Å². The monoisotopic (exact) mass is 434 g/mol. The van der Waals surface area contributed by atoms with Gasteiger partial charge in [0.05, 0.1) is 30.7 Å². The summed E-state index contributed by atoms with van der Waals surface area (Å²) in [5, 5.41) is 12.5. The molecule has 2 aromatic carbocycles. The van der Waals surface area contributed by atoms with Crippen LogP contribution in [0, 0.1) is 5.82 Å². The van der Waals surface area contributed by atoms with Crippen LogP contribution in [0.2, 0.25) is 0 Å². The predicted molar refractivity (Wildman–Crippen MR) is 114 cm³/mol. The summed E-state index contributed by atoms with van der Waals surface area (Å²) in [5.41, 5.74) is 2.17. The number of anilines is 1. The number of carbonyl (C=O) groups excluding carboxylic acids is 1. The third-order valence-corrected chi connectivity index (χ3v) is 5.98. The van der Waals surface area contributed by atoms with E-state index in [0.717, 1.165) is 10.6 Å². The van der Waals surface area contributed by atoms with Gasteiger partial charge in [0, 0.05) is 24.1 Å². The maximum Gasteiger partial charge on any atom is 0.255 e. The summed E-state index contributed by atoms with van der Waals surface area (Å²) in [4.78, 5) is 12.6. The highest BCUT2D eigenvalue weighted by molar-refractivity contribution is 7.92. The minimum Gasteiger partial charge on any atom is -0.455 e. The molecule has 0 saturated heterocycles. The number of carbonyl (C=O) groups is 1. The summed E-state index contributed by atoms with van der Waals surface area (Å²) >= 11 is 0. The Bertz CT molecular complexity index is 1190. The lowest BCUT2D eigenvalue weighted by atomic mass is 10.0. The summed E-state index contributed by atoms with van der Waals surface area (Å²) in [6.07, 6.45) is 1.56. The number of sulfonamides is 1. The number of amides is 1. The molecular weight excluding hydrogens is 411 g/mol. The van der Waals surface area contributed by atoms with Gasteiger partial charge in [-0.2, -0.15) is 0 Å². The van der Waals surface area contributed by atoms with Crippen LogP contribution in [0.3, 0.4) is 0 Å². The summed E-state index contributed by atoms with van der Waals surface area (Å²) in [6.45, 7) is 1.41. The van der Waals surface area contributed by atoms with Crippen LogP contribution in [-0.4, -0.2) is 45.9 Å². The molecule has 1 aromatic heterocycles. The van der Waals surface area contributed by atoms with E-state index in [9.17, 15) is 22.7 Å². The summed E-state index contributed by atoms with van der Waals surface area (Å²) in [7, 11) is -2.15. The van der Waals surface area contributed by atoms with Crippen molar-refractivity contribution in [2.24, 2.45) is 0 Å². The minimum atomic E-state index is -3.65. The first-order valence-corrected chi connectivity index (χ1v) is 11.2. The molecule has 2 N–H and O–H groups in total. The number of halogens is 1. The van der Waals surface area contributed by atoms with E-state index >= 15 is 0 Å². The number of nitrogens with zero attached hydrogens (tertiary/aromatic N) is 1. The zero-order valence-electron chi connectivity index (χ0n) is 16.9. The largest absolute Gasteiger partial charge is 0.455 e. The van der Waals surface area contributed by atoms with Crippen molar-refractivity contribution in [1.82, 2.24) is 5.32 Å². The maximum atomic E-state index is 13.4. The third kappa shape index (κ3) is 4.03. The Morgan fingerprint density at radius 2 is 1.90 bits per heavy atom. The Balaban J connectivity index is 2.33. The molecule has 0 aliphatic carbocycles. The number of hydrogen-bond acceptors (Lipinski definition) is 5. The van der Waals surface area contributed by atoms with Gasteiger partial charge in [0.2, 0.25) is 10.0 Å². The summed E-state index contributed by atoms with van der Waals surface area (Å²) < 4.78 is 45.0. The number of benzene rings is 2. The molecular formula is C21H23FN2O5S. The van der Waals surface area contributed by atoms with Crippen LogP contribution >= 0.6 is 0 Å². The van der Waals surface area contributed by atoms with Crippen LogP contribution in [0.4, 0.5) is 10.1 Å². The highest BCUT2D eigenvalue weighted by Gasteiger charge is 2.26. The molecule has 0 atom stereocenters. The fraction of sp³-hybridized carbons (Fsp3) is 0.286. The van der Waals surface area contributed by atoms with E-state index in [1.54, 1.807) is 12.1 Å². The van der Waals surface area contributed by atoms with Gasteiger partial charge in [0.25, 0.3) is 5.91 Å². The summed E-state index contributed by atoms with van der Waals surface area (Å²) in [6, 6.07) is 8.84. The standard InChI is InChI=1S/C21H23FN2O5S/c1-4-13-11-16-18(12-17(13)24(9-10-25)30(3,27)28)29-20(19(16)21(26)23-2)14-5-7-15(22)8-6-14/h5-8,11-12,25H,4,9-10H2,1-3H3,(H,23,26). The van der Waals surface area contributed by atoms with E-state index in [4.69, 9.17) is 4.42 Å². The Hall–Kier alpha value is -2.91. The van der Waals surface area contributed by atoms with Gasteiger partial charge in [-0.25, -0.2) is 12.8 Å². The second-order valence-corrected chi connectivity index (χ2v) is 8.69. The first-order chi connectivity index (χ1) is 14.2. The molecule has 1 amide bonds.